The van der Waals surface area contributed by atoms with Crippen LogP contribution >= 0.6 is 24.0 Å². The third kappa shape index (κ3) is 7.08. The second-order valence-corrected chi connectivity index (χ2v) is 5.13. The quantitative estimate of drug-likeness (QED) is 0.158. The minimum atomic E-state index is -0.380. The number of guanidine groups is 1. The minimum Gasteiger partial charge on any atom is -0.357 e. The lowest BCUT2D eigenvalue weighted by Crippen LogP contribution is -2.38. The highest BCUT2D eigenvalue weighted by atomic mass is 127. The first-order valence-corrected chi connectivity index (χ1v) is 7.92. The molecule has 1 heterocycles. The van der Waals surface area contributed by atoms with Gasteiger partial charge in [-0.05, 0) is 19.4 Å². The minimum absolute atomic E-state index is 0. The predicted octanol–water partition coefficient (Wildman–Crippen LogP) is 2.55. The smallest absolute Gasteiger partial charge is 0.274 e. The number of rotatable bonds is 8. The van der Waals surface area contributed by atoms with Crippen LogP contribution < -0.4 is 10.6 Å². The molecule has 0 aliphatic rings. The molecular weight excluding hydrogens is 435 g/mol. The summed E-state index contributed by atoms with van der Waals surface area (Å²) in [6.45, 7) is 4.52. The van der Waals surface area contributed by atoms with Gasteiger partial charge < -0.3 is 10.6 Å². The Morgan fingerprint density at radius 3 is 2.80 bits per heavy atom. The summed E-state index contributed by atoms with van der Waals surface area (Å²) in [4.78, 5) is 15.1. The number of aliphatic imine (C=N–C) groups is 1. The Bertz CT molecular complexity index is 675. The molecule has 1 aromatic heterocycles. The first-order chi connectivity index (χ1) is 11.7. The fourth-order valence-corrected chi connectivity index (χ4v) is 2.21. The standard InChI is InChI=1S/C16H22N6O2.HI/c1-2-17-16(18-9-5-11-21-12-6-10-20-21)19-13-14-7-3-4-8-15(14)22(23)24;/h3-4,6-8,10,12H,2,5,9,11,13H2,1H3,(H2,17,18,19);1H. The lowest BCUT2D eigenvalue weighted by Gasteiger charge is -2.11. The Morgan fingerprint density at radius 2 is 2.12 bits per heavy atom. The topological polar surface area (TPSA) is 97.4 Å². The van der Waals surface area contributed by atoms with E-state index < -0.39 is 0 Å². The highest BCUT2D eigenvalue weighted by Crippen LogP contribution is 2.18. The van der Waals surface area contributed by atoms with Crippen LogP contribution in [-0.4, -0.2) is 33.8 Å². The Morgan fingerprint density at radius 1 is 1.32 bits per heavy atom. The Labute approximate surface area is 163 Å². The molecule has 25 heavy (non-hydrogen) atoms. The van der Waals surface area contributed by atoms with Gasteiger partial charge in [0.15, 0.2) is 5.96 Å². The molecule has 0 saturated heterocycles. The summed E-state index contributed by atoms with van der Waals surface area (Å²) in [5.74, 6) is 0.649. The maximum atomic E-state index is 11.0. The van der Waals surface area contributed by atoms with E-state index in [0.29, 0.717) is 11.5 Å². The molecule has 2 rings (SSSR count). The molecule has 0 unspecified atom stereocenters. The van der Waals surface area contributed by atoms with Crippen molar-refractivity contribution in [3.63, 3.8) is 0 Å². The van der Waals surface area contributed by atoms with Crippen LogP contribution in [0.1, 0.15) is 18.9 Å². The summed E-state index contributed by atoms with van der Waals surface area (Å²) in [6, 6.07) is 8.55. The number of para-hydroxylation sites is 1. The van der Waals surface area contributed by atoms with Gasteiger partial charge in [-0.2, -0.15) is 5.10 Å². The summed E-state index contributed by atoms with van der Waals surface area (Å²) < 4.78 is 1.87. The lowest BCUT2D eigenvalue weighted by atomic mass is 10.2. The van der Waals surface area contributed by atoms with Crippen molar-refractivity contribution in [3.05, 3.63) is 58.4 Å². The molecular formula is C16H23IN6O2. The number of benzene rings is 1. The molecule has 9 heteroatoms. The number of nitro groups is 1. The normalized spacial score (nSPS) is 10.8. The van der Waals surface area contributed by atoms with E-state index in [-0.39, 0.29) is 41.1 Å². The Kier molecular flexibility index (Phi) is 9.51. The fourth-order valence-electron chi connectivity index (χ4n) is 2.21. The van der Waals surface area contributed by atoms with Crippen LogP contribution in [0.15, 0.2) is 47.7 Å². The van der Waals surface area contributed by atoms with Gasteiger partial charge in [-0.25, -0.2) is 4.99 Å². The summed E-state index contributed by atoms with van der Waals surface area (Å²) in [7, 11) is 0. The molecule has 0 amide bonds. The van der Waals surface area contributed by atoms with E-state index >= 15 is 0 Å². The number of nitro benzene ring substituents is 1. The van der Waals surface area contributed by atoms with Crippen molar-refractivity contribution in [1.82, 2.24) is 20.4 Å². The highest BCUT2D eigenvalue weighted by Gasteiger charge is 2.11. The van der Waals surface area contributed by atoms with E-state index in [1.165, 1.54) is 6.07 Å². The van der Waals surface area contributed by atoms with Crippen LogP contribution in [0.25, 0.3) is 0 Å². The van der Waals surface area contributed by atoms with Crippen LogP contribution in [0.4, 0.5) is 5.69 Å². The van der Waals surface area contributed by atoms with Crippen molar-refractivity contribution in [2.75, 3.05) is 13.1 Å². The molecule has 0 aliphatic heterocycles. The number of aromatic nitrogens is 2. The number of halogens is 1. The molecule has 0 radical (unpaired) electrons. The van der Waals surface area contributed by atoms with E-state index in [2.05, 4.69) is 20.7 Å². The van der Waals surface area contributed by atoms with Crippen LogP contribution in [0.2, 0.25) is 0 Å². The summed E-state index contributed by atoms with van der Waals surface area (Å²) in [6.07, 6.45) is 4.58. The molecule has 0 fully saturated rings. The average Bonchev–Trinajstić information content (AvgIpc) is 3.10. The van der Waals surface area contributed by atoms with E-state index in [1.54, 1.807) is 24.4 Å². The van der Waals surface area contributed by atoms with Gasteiger partial charge in [0.25, 0.3) is 5.69 Å². The van der Waals surface area contributed by atoms with Crippen molar-refractivity contribution in [2.24, 2.45) is 4.99 Å². The van der Waals surface area contributed by atoms with Gasteiger partial charge in [-0.1, -0.05) is 18.2 Å². The second-order valence-electron chi connectivity index (χ2n) is 5.13. The third-order valence-corrected chi connectivity index (χ3v) is 3.36. The van der Waals surface area contributed by atoms with Gasteiger partial charge in [-0.15, -0.1) is 24.0 Å². The zero-order valence-corrected chi connectivity index (χ0v) is 16.4. The largest absolute Gasteiger partial charge is 0.357 e. The van der Waals surface area contributed by atoms with E-state index in [4.69, 9.17) is 0 Å². The second kappa shape index (κ2) is 11.4. The third-order valence-electron chi connectivity index (χ3n) is 3.36. The fraction of sp³-hybridized carbons (Fsp3) is 0.375. The first kappa shape index (κ1) is 20.9. The van der Waals surface area contributed by atoms with Crippen LogP contribution in [-0.2, 0) is 13.1 Å². The van der Waals surface area contributed by atoms with E-state index in [1.807, 2.05) is 23.9 Å². The monoisotopic (exact) mass is 458 g/mol. The summed E-state index contributed by atoms with van der Waals surface area (Å²) in [5.41, 5.74) is 0.687. The number of hydrogen-bond acceptors (Lipinski definition) is 4. The molecule has 0 bridgehead atoms. The Balaban J connectivity index is 0.00000312. The molecule has 0 spiro atoms. The molecule has 0 aliphatic carbocycles. The van der Waals surface area contributed by atoms with Crippen molar-refractivity contribution < 1.29 is 4.92 Å². The van der Waals surface area contributed by atoms with E-state index in [0.717, 1.165) is 26.1 Å². The lowest BCUT2D eigenvalue weighted by molar-refractivity contribution is -0.385. The van der Waals surface area contributed by atoms with Crippen LogP contribution in [0.3, 0.4) is 0 Å². The maximum Gasteiger partial charge on any atom is 0.274 e. The molecule has 8 nitrogen and oxygen atoms in total. The van der Waals surface area contributed by atoms with Crippen LogP contribution in [0, 0.1) is 10.1 Å². The maximum absolute atomic E-state index is 11.0. The highest BCUT2D eigenvalue weighted by molar-refractivity contribution is 14.0. The van der Waals surface area contributed by atoms with Gasteiger partial charge in [0.05, 0.1) is 17.0 Å². The molecule has 0 saturated carbocycles. The van der Waals surface area contributed by atoms with Gasteiger partial charge in [-0.3, -0.25) is 14.8 Å². The molecule has 0 atom stereocenters. The SMILES string of the molecule is CCNC(=NCc1ccccc1[N+](=O)[O-])NCCCn1cccn1.I. The molecule has 1 aromatic carbocycles. The number of aryl methyl sites for hydroxylation is 1. The van der Waals surface area contributed by atoms with Crippen molar-refractivity contribution in [3.8, 4) is 0 Å². The van der Waals surface area contributed by atoms with E-state index in [9.17, 15) is 10.1 Å². The van der Waals surface area contributed by atoms with Crippen molar-refractivity contribution >= 4 is 35.6 Å². The Hall–Kier alpha value is -2.17. The van der Waals surface area contributed by atoms with Gasteiger partial charge in [0.1, 0.15) is 0 Å². The van der Waals surface area contributed by atoms with Gasteiger partial charge >= 0.3 is 0 Å². The average molecular weight is 458 g/mol. The van der Waals surface area contributed by atoms with Crippen molar-refractivity contribution in [2.45, 2.75) is 26.4 Å². The number of hydrogen-bond donors (Lipinski definition) is 2. The predicted molar refractivity (Wildman–Crippen MR) is 108 cm³/mol. The summed E-state index contributed by atoms with van der Waals surface area (Å²) >= 11 is 0. The summed E-state index contributed by atoms with van der Waals surface area (Å²) in [5, 5.41) is 21.6. The molecule has 136 valence electrons. The zero-order chi connectivity index (χ0) is 17.2. The van der Waals surface area contributed by atoms with Gasteiger partial charge in [0.2, 0.25) is 0 Å². The van der Waals surface area contributed by atoms with Gasteiger partial charge in [0, 0.05) is 38.1 Å². The van der Waals surface area contributed by atoms with Crippen molar-refractivity contribution in [1.29, 1.82) is 0 Å². The molecule has 2 N–H and O–H groups in total. The number of nitrogens with zero attached hydrogens (tertiary/aromatic N) is 4. The van der Waals surface area contributed by atoms with Crippen LogP contribution in [0.5, 0.6) is 0 Å². The first-order valence-electron chi connectivity index (χ1n) is 7.92. The molecule has 2 aromatic rings. The zero-order valence-electron chi connectivity index (χ0n) is 14.1. The number of nitrogens with one attached hydrogen (secondary N) is 2.